The lowest BCUT2D eigenvalue weighted by molar-refractivity contribution is -0.903. The van der Waals surface area contributed by atoms with E-state index in [0.29, 0.717) is 5.41 Å². The Kier molecular flexibility index (Phi) is 6.86. The van der Waals surface area contributed by atoms with E-state index >= 15 is 0 Å². The largest absolute Gasteiger partial charge is 1.00 e. The summed E-state index contributed by atoms with van der Waals surface area (Å²) in [6.07, 6.45) is 7.81. The quantitative estimate of drug-likeness (QED) is 0.213. The highest BCUT2D eigenvalue weighted by molar-refractivity contribution is 5.15. The van der Waals surface area contributed by atoms with E-state index < -0.39 is 0 Å². The van der Waals surface area contributed by atoms with Crippen LogP contribution in [-0.4, -0.2) is 64.3 Å². The van der Waals surface area contributed by atoms with E-state index in [2.05, 4.69) is 54.4 Å². The first-order valence-corrected chi connectivity index (χ1v) is 6.89. The Balaban J connectivity index is 0.00000162. The van der Waals surface area contributed by atoms with Crippen molar-refractivity contribution in [2.24, 2.45) is 17.3 Å². The second-order valence-electron chi connectivity index (χ2n) is 8.45. The maximum Gasteiger partial charge on any atom is 0.0898 e. The summed E-state index contributed by atoms with van der Waals surface area (Å²) in [4.78, 5) is 0. The molecule has 1 saturated carbocycles. The minimum atomic E-state index is 0. The molecule has 0 aromatic carbocycles. The zero-order valence-electron chi connectivity index (χ0n) is 13.3. The van der Waals surface area contributed by atoms with Crippen molar-refractivity contribution in [2.45, 2.75) is 12.8 Å². The second-order valence-corrected chi connectivity index (χ2v) is 8.45. The predicted molar refractivity (Wildman–Crippen MR) is 73.6 cm³/mol. The van der Waals surface area contributed by atoms with Gasteiger partial charge in [-0.1, -0.05) is 12.2 Å². The summed E-state index contributed by atoms with van der Waals surface area (Å²) in [7, 11) is 14.0. The number of hydrogen-bond donors (Lipinski definition) is 0. The van der Waals surface area contributed by atoms with Crippen LogP contribution in [0, 0.1) is 17.3 Å². The summed E-state index contributed by atoms with van der Waals surface area (Å²) in [6, 6.07) is 0. The SMILES string of the molecule is C[N+](C)(C)CC1(C[N+](C)(C)C)CC2C=CC1C2.[I-].[I-]. The van der Waals surface area contributed by atoms with Crippen molar-refractivity contribution in [3.05, 3.63) is 12.2 Å². The van der Waals surface area contributed by atoms with Gasteiger partial charge in [-0.05, 0) is 24.7 Å². The lowest BCUT2D eigenvalue weighted by atomic mass is 9.74. The van der Waals surface area contributed by atoms with E-state index in [9.17, 15) is 0 Å². The van der Waals surface area contributed by atoms with Crippen molar-refractivity contribution in [1.29, 1.82) is 0 Å². The summed E-state index contributed by atoms with van der Waals surface area (Å²) in [5.74, 6) is 1.71. The normalized spacial score (nSPS) is 27.9. The summed E-state index contributed by atoms with van der Waals surface area (Å²) in [5, 5.41) is 0. The zero-order valence-corrected chi connectivity index (χ0v) is 17.6. The highest BCUT2D eigenvalue weighted by Crippen LogP contribution is 2.53. The molecule has 0 heterocycles. The first-order chi connectivity index (χ1) is 7.60. The lowest BCUT2D eigenvalue weighted by Gasteiger charge is -2.44. The number of allylic oxidation sites excluding steroid dienone is 2. The van der Waals surface area contributed by atoms with E-state index in [0.717, 1.165) is 20.8 Å². The molecule has 0 N–H and O–H groups in total. The van der Waals surface area contributed by atoms with E-state index in [-0.39, 0.29) is 48.0 Å². The highest BCUT2D eigenvalue weighted by Gasteiger charge is 2.53. The first kappa shape index (κ1) is 20.1. The molecule has 114 valence electrons. The predicted octanol–water partition coefficient (Wildman–Crippen LogP) is -4.01. The maximum atomic E-state index is 2.51. The molecule has 2 nitrogen and oxygen atoms in total. The Bertz CT molecular complexity index is 310. The van der Waals surface area contributed by atoms with Crippen LogP contribution in [-0.2, 0) is 0 Å². The van der Waals surface area contributed by atoms with E-state index in [4.69, 9.17) is 0 Å². The van der Waals surface area contributed by atoms with Gasteiger partial charge in [0.05, 0.1) is 60.8 Å². The van der Waals surface area contributed by atoms with Gasteiger partial charge in [0.15, 0.2) is 0 Å². The highest BCUT2D eigenvalue weighted by atomic mass is 127. The van der Waals surface area contributed by atoms with Crippen LogP contribution >= 0.6 is 0 Å². The third kappa shape index (κ3) is 5.11. The van der Waals surface area contributed by atoms with Gasteiger partial charge in [0.25, 0.3) is 0 Å². The van der Waals surface area contributed by atoms with Gasteiger partial charge in [0.1, 0.15) is 0 Å². The summed E-state index contributed by atoms with van der Waals surface area (Å²) < 4.78 is 2.19. The minimum Gasteiger partial charge on any atom is -1.00 e. The molecule has 19 heavy (non-hydrogen) atoms. The van der Waals surface area contributed by atoms with Crippen molar-refractivity contribution in [1.82, 2.24) is 0 Å². The van der Waals surface area contributed by atoms with Gasteiger partial charge in [-0.15, -0.1) is 0 Å². The van der Waals surface area contributed by atoms with Crippen LogP contribution in [0.5, 0.6) is 0 Å². The number of quaternary nitrogens is 2. The van der Waals surface area contributed by atoms with Crippen LogP contribution in [0.1, 0.15) is 12.8 Å². The van der Waals surface area contributed by atoms with Crippen LogP contribution in [0.2, 0.25) is 0 Å². The molecule has 4 heteroatoms. The molecule has 0 aromatic rings. The number of hydrogen-bond acceptors (Lipinski definition) is 0. The number of halogens is 2. The molecule has 1 fully saturated rings. The molecule has 0 aliphatic heterocycles. The van der Waals surface area contributed by atoms with E-state index in [1.807, 2.05) is 0 Å². The van der Waals surface area contributed by atoms with E-state index in [1.54, 1.807) is 0 Å². The lowest BCUT2D eigenvalue weighted by Crippen LogP contribution is -3.00. The average molecular weight is 492 g/mol. The van der Waals surface area contributed by atoms with E-state index in [1.165, 1.54) is 25.9 Å². The molecule has 2 rings (SSSR count). The van der Waals surface area contributed by atoms with Gasteiger partial charge in [0.2, 0.25) is 0 Å². The topological polar surface area (TPSA) is 0 Å². The number of rotatable bonds is 4. The molecule has 0 amide bonds. The number of fused-ring (bicyclic) bond motifs is 2. The van der Waals surface area contributed by atoms with Crippen molar-refractivity contribution in [3.63, 3.8) is 0 Å². The summed E-state index contributed by atoms with van der Waals surface area (Å²) in [5.41, 5.74) is 0.538. The third-order valence-corrected chi connectivity index (χ3v) is 4.21. The Morgan fingerprint density at radius 3 is 1.63 bits per heavy atom. The van der Waals surface area contributed by atoms with Crippen LogP contribution in [0.3, 0.4) is 0 Å². The van der Waals surface area contributed by atoms with Crippen molar-refractivity contribution < 1.29 is 56.9 Å². The van der Waals surface area contributed by atoms with Gasteiger partial charge >= 0.3 is 0 Å². The van der Waals surface area contributed by atoms with Crippen LogP contribution in [0.15, 0.2) is 12.2 Å². The Morgan fingerprint density at radius 2 is 1.37 bits per heavy atom. The molecule has 0 spiro atoms. The van der Waals surface area contributed by atoms with Crippen molar-refractivity contribution >= 4 is 0 Å². The Hall–Kier alpha value is 1.12. The van der Waals surface area contributed by atoms with Crippen LogP contribution in [0.25, 0.3) is 0 Å². The van der Waals surface area contributed by atoms with Crippen molar-refractivity contribution in [3.8, 4) is 0 Å². The van der Waals surface area contributed by atoms with Crippen LogP contribution in [0.4, 0.5) is 0 Å². The first-order valence-electron chi connectivity index (χ1n) is 6.89. The molecular weight excluding hydrogens is 462 g/mol. The number of nitrogens with zero attached hydrogens (tertiary/aromatic N) is 2. The van der Waals surface area contributed by atoms with Gasteiger partial charge in [0, 0.05) is 0 Å². The molecule has 2 aliphatic carbocycles. The molecule has 2 unspecified atom stereocenters. The maximum absolute atomic E-state index is 2.51. The summed E-state index contributed by atoms with van der Waals surface area (Å²) in [6.45, 7) is 2.63. The van der Waals surface area contributed by atoms with Gasteiger partial charge < -0.3 is 56.9 Å². The molecular formula is C15H30I2N2. The Morgan fingerprint density at radius 1 is 0.895 bits per heavy atom. The molecule has 0 radical (unpaired) electrons. The fourth-order valence-electron chi connectivity index (χ4n) is 4.36. The molecule has 0 saturated heterocycles. The third-order valence-electron chi connectivity index (χ3n) is 4.21. The Labute approximate surface area is 153 Å². The van der Waals surface area contributed by atoms with Gasteiger partial charge in [-0.2, -0.15) is 0 Å². The second kappa shape index (κ2) is 6.48. The molecule has 2 atom stereocenters. The fraction of sp³-hybridized carbons (Fsp3) is 0.867. The average Bonchev–Trinajstić information content (AvgIpc) is 2.54. The summed E-state index contributed by atoms with van der Waals surface area (Å²) >= 11 is 0. The van der Waals surface area contributed by atoms with Gasteiger partial charge in [-0.25, -0.2) is 0 Å². The monoisotopic (exact) mass is 492 g/mol. The van der Waals surface area contributed by atoms with Gasteiger partial charge in [-0.3, -0.25) is 0 Å². The molecule has 2 aliphatic rings. The fourth-order valence-corrected chi connectivity index (χ4v) is 4.36. The zero-order chi connectivity index (χ0) is 12.9. The standard InChI is InChI=1S/C15H30N2.2HI/c1-16(2,3)11-15(12-17(4,5)6)10-13-7-8-14(15)9-13;;/h7-8,13-14H,9-12H2,1-6H3;2*1H/q+2;;/p-2. The minimum absolute atomic E-state index is 0. The molecule has 2 bridgehead atoms. The molecule has 0 aromatic heterocycles. The van der Waals surface area contributed by atoms with Crippen LogP contribution < -0.4 is 48.0 Å². The van der Waals surface area contributed by atoms with Crippen molar-refractivity contribution in [2.75, 3.05) is 55.4 Å². The smallest absolute Gasteiger partial charge is 0.0898 e.